The van der Waals surface area contributed by atoms with Crippen molar-refractivity contribution in [3.63, 3.8) is 0 Å². The first-order valence-electron chi connectivity index (χ1n) is 5.14. The molecule has 1 fully saturated rings. The molecule has 0 saturated carbocycles. The summed E-state index contributed by atoms with van der Waals surface area (Å²) in [5, 5.41) is 0. The summed E-state index contributed by atoms with van der Waals surface area (Å²) in [7, 11) is 2.19. The van der Waals surface area contributed by atoms with Gasteiger partial charge in [-0.05, 0) is 27.8 Å². The van der Waals surface area contributed by atoms with Gasteiger partial charge in [-0.15, -0.1) is 0 Å². The minimum Gasteiger partial charge on any atom is -0.304 e. The molecular weight excluding hydrogens is 186 g/mol. The molecule has 2 nitrogen and oxygen atoms in total. The SMILES string of the molecule is CC(C)N1CCN(C)CC1.CC(F)F. The van der Waals surface area contributed by atoms with Crippen molar-refractivity contribution in [3.8, 4) is 0 Å². The first-order valence-corrected chi connectivity index (χ1v) is 5.14. The third-order valence-corrected chi connectivity index (χ3v) is 2.27. The lowest BCUT2D eigenvalue weighted by Gasteiger charge is -2.34. The van der Waals surface area contributed by atoms with Gasteiger partial charge in [-0.2, -0.15) is 0 Å². The van der Waals surface area contributed by atoms with Crippen LogP contribution in [0.5, 0.6) is 0 Å². The van der Waals surface area contributed by atoms with Gasteiger partial charge < -0.3 is 4.90 Å². The molecule has 86 valence electrons. The highest BCUT2D eigenvalue weighted by molar-refractivity contribution is 4.71. The standard InChI is InChI=1S/C8H18N2.C2H4F2/c1-8(2)10-6-4-9(3)5-7-10;1-2(3)4/h8H,4-7H2,1-3H3;2H,1H3. The maximum Gasteiger partial charge on any atom is 0.235 e. The lowest BCUT2D eigenvalue weighted by atomic mass is 10.2. The van der Waals surface area contributed by atoms with Crippen molar-refractivity contribution in [2.45, 2.75) is 33.2 Å². The lowest BCUT2D eigenvalue weighted by molar-refractivity contribution is 0.126. The summed E-state index contributed by atoms with van der Waals surface area (Å²) in [5.41, 5.74) is 0. The average molecular weight is 208 g/mol. The Morgan fingerprint density at radius 2 is 1.29 bits per heavy atom. The van der Waals surface area contributed by atoms with Crippen LogP contribution in [0.15, 0.2) is 0 Å². The normalized spacial score (nSPS) is 19.7. The van der Waals surface area contributed by atoms with Crippen LogP contribution in [0.3, 0.4) is 0 Å². The number of likely N-dealkylation sites (N-methyl/N-ethyl adjacent to an activating group) is 1. The van der Waals surface area contributed by atoms with E-state index in [1.54, 1.807) is 0 Å². The Kier molecular flexibility index (Phi) is 7.01. The van der Waals surface area contributed by atoms with Gasteiger partial charge in [0.2, 0.25) is 6.43 Å². The van der Waals surface area contributed by atoms with Gasteiger partial charge >= 0.3 is 0 Å². The zero-order valence-corrected chi connectivity index (χ0v) is 9.63. The molecule has 1 saturated heterocycles. The number of hydrogen-bond donors (Lipinski definition) is 0. The monoisotopic (exact) mass is 208 g/mol. The largest absolute Gasteiger partial charge is 0.304 e. The van der Waals surface area contributed by atoms with Crippen LogP contribution < -0.4 is 0 Å². The summed E-state index contributed by atoms with van der Waals surface area (Å²) in [5.74, 6) is 0. The van der Waals surface area contributed by atoms with Crippen molar-refractivity contribution >= 4 is 0 Å². The molecule has 0 N–H and O–H groups in total. The second-order valence-corrected chi connectivity index (χ2v) is 3.95. The molecule has 1 aliphatic heterocycles. The molecule has 1 rings (SSSR count). The van der Waals surface area contributed by atoms with Crippen LogP contribution in [0.2, 0.25) is 0 Å². The molecule has 0 atom stereocenters. The van der Waals surface area contributed by atoms with Crippen molar-refractivity contribution in [3.05, 3.63) is 0 Å². The lowest BCUT2D eigenvalue weighted by Crippen LogP contribution is -2.47. The Morgan fingerprint density at radius 1 is 0.929 bits per heavy atom. The third-order valence-electron chi connectivity index (χ3n) is 2.27. The molecule has 0 aliphatic carbocycles. The molecule has 0 amide bonds. The van der Waals surface area contributed by atoms with Gasteiger partial charge in [0.15, 0.2) is 0 Å². The summed E-state index contributed by atoms with van der Waals surface area (Å²) in [6.45, 7) is 10.3. The van der Waals surface area contributed by atoms with Gasteiger partial charge in [0, 0.05) is 32.2 Å². The van der Waals surface area contributed by atoms with Crippen LogP contribution in [-0.2, 0) is 0 Å². The number of piperazine rings is 1. The number of hydrogen-bond acceptors (Lipinski definition) is 2. The van der Waals surface area contributed by atoms with E-state index >= 15 is 0 Å². The summed E-state index contributed by atoms with van der Waals surface area (Å²) < 4.78 is 20.7. The summed E-state index contributed by atoms with van der Waals surface area (Å²) in [6, 6.07) is 0.730. The van der Waals surface area contributed by atoms with Crippen molar-refractivity contribution in [1.82, 2.24) is 9.80 Å². The van der Waals surface area contributed by atoms with E-state index in [1.807, 2.05) is 0 Å². The highest BCUT2D eigenvalue weighted by atomic mass is 19.3. The molecule has 0 bridgehead atoms. The van der Waals surface area contributed by atoms with Crippen molar-refractivity contribution in [1.29, 1.82) is 0 Å². The van der Waals surface area contributed by atoms with Gasteiger partial charge in [0.25, 0.3) is 0 Å². The second kappa shape index (κ2) is 7.12. The Hall–Kier alpha value is -0.220. The highest BCUT2D eigenvalue weighted by Crippen LogP contribution is 2.02. The van der Waals surface area contributed by atoms with Crippen LogP contribution in [0, 0.1) is 0 Å². The fraction of sp³-hybridized carbons (Fsp3) is 1.00. The van der Waals surface area contributed by atoms with Crippen molar-refractivity contribution < 1.29 is 8.78 Å². The van der Waals surface area contributed by atoms with E-state index in [0.717, 1.165) is 13.0 Å². The molecule has 4 heteroatoms. The second-order valence-electron chi connectivity index (χ2n) is 3.95. The Bertz CT molecular complexity index is 129. The van der Waals surface area contributed by atoms with Gasteiger partial charge in [-0.1, -0.05) is 0 Å². The Morgan fingerprint density at radius 3 is 1.57 bits per heavy atom. The molecule has 0 unspecified atom stereocenters. The molecule has 1 heterocycles. The predicted octanol–water partition coefficient (Wildman–Crippen LogP) is 1.91. The third kappa shape index (κ3) is 7.21. The molecule has 14 heavy (non-hydrogen) atoms. The topological polar surface area (TPSA) is 6.48 Å². The number of nitrogens with zero attached hydrogens (tertiary/aromatic N) is 2. The molecule has 0 aromatic heterocycles. The Labute approximate surface area is 85.9 Å². The van der Waals surface area contributed by atoms with E-state index in [4.69, 9.17) is 0 Å². The molecule has 0 spiro atoms. The smallest absolute Gasteiger partial charge is 0.235 e. The van der Waals surface area contributed by atoms with Gasteiger partial charge in [0.05, 0.1) is 0 Å². The van der Waals surface area contributed by atoms with Gasteiger partial charge in [0.1, 0.15) is 0 Å². The molecule has 1 aliphatic rings. The summed E-state index contributed by atoms with van der Waals surface area (Å²) in [6.07, 6.45) is -2.17. The van der Waals surface area contributed by atoms with E-state index < -0.39 is 6.43 Å². The van der Waals surface area contributed by atoms with Crippen molar-refractivity contribution in [2.24, 2.45) is 0 Å². The minimum atomic E-state index is -2.17. The van der Waals surface area contributed by atoms with Crippen LogP contribution in [0.1, 0.15) is 20.8 Å². The van der Waals surface area contributed by atoms with Crippen LogP contribution in [0.4, 0.5) is 8.78 Å². The van der Waals surface area contributed by atoms with Gasteiger partial charge in [-0.3, -0.25) is 4.90 Å². The van der Waals surface area contributed by atoms with Crippen LogP contribution in [-0.4, -0.2) is 55.5 Å². The molecule has 0 radical (unpaired) electrons. The summed E-state index contributed by atoms with van der Waals surface area (Å²) >= 11 is 0. The zero-order valence-electron chi connectivity index (χ0n) is 9.63. The quantitative estimate of drug-likeness (QED) is 0.649. The first-order chi connectivity index (χ1) is 6.43. The minimum absolute atomic E-state index is 0.730. The number of halogens is 2. The predicted molar refractivity (Wildman–Crippen MR) is 55.9 cm³/mol. The van der Waals surface area contributed by atoms with E-state index in [0.29, 0.717) is 0 Å². The van der Waals surface area contributed by atoms with Gasteiger partial charge in [-0.25, -0.2) is 8.78 Å². The fourth-order valence-corrected chi connectivity index (χ4v) is 1.34. The van der Waals surface area contributed by atoms with E-state index in [2.05, 4.69) is 30.7 Å². The molecular formula is C10H22F2N2. The first kappa shape index (κ1) is 13.8. The van der Waals surface area contributed by atoms with Crippen LogP contribution >= 0.6 is 0 Å². The maximum atomic E-state index is 10.3. The number of alkyl halides is 2. The van der Waals surface area contributed by atoms with Crippen molar-refractivity contribution in [2.75, 3.05) is 33.2 Å². The average Bonchev–Trinajstić information content (AvgIpc) is 2.03. The van der Waals surface area contributed by atoms with E-state index in [1.165, 1.54) is 26.2 Å². The fourth-order valence-electron chi connectivity index (χ4n) is 1.34. The van der Waals surface area contributed by atoms with E-state index in [9.17, 15) is 8.78 Å². The Balaban J connectivity index is 0.000000364. The van der Waals surface area contributed by atoms with E-state index in [-0.39, 0.29) is 0 Å². The molecule has 0 aromatic carbocycles. The number of rotatable bonds is 1. The summed E-state index contributed by atoms with van der Waals surface area (Å²) in [4.78, 5) is 4.92. The van der Waals surface area contributed by atoms with Crippen LogP contribution in [0.25, 0.3) is 0 Å². The molecule has 0 aromatic rings. The maximum absolute atomic E-state index is 10.3. The zero-order chi connectivity index (χ0) is 11.1. The highest BCUT2D eigenvalue weighted by Gasteiger charge is 2.15.